The molecule has 9 heteroatoms. The summed E-state index contributed by atoms with van der Waals surface area (Å²) in [7, 11) is 0. The Morgan fingerprint density at radius 2 is 1.85 bits per heavy atom. The predicted molar refractivity (Wildman–Crippen MR) is 124 cm³/mol. The number of halogens is 1. The van der Waals surface area contributed by atoms with Crippen LogP contribution in [0.3, 0.4) is 0 Å². The van der Waals surface area contributed by atoms with Gasteiger partial charge >= 0.3 is 5.76 Å². The Balaban J connectivity index is 1.36. The second kappa shape index (κ2) is 8.94. The third-order valence-electron chi connectivity index (χ3n) is 6.20. The molecule has 1 atom stereocenters. The van der Waals surface area contributed by atoms with Gasteiger partial charge in [-0.1, -0.05) is 23.7 Å². The molecule has 2 aliphatic heterocycles. The molecule has 3 aromatic rings. The van der Waals surface area contributed by atoms with Crippen LogP contribution >= 0.6 is 11.6 Å². The third-order valence-corrected chi connectivity index (χ3v) is 6.43. The number of para-hydroxylation sites is 2. The minimum Gasteiger partial charge on any atom is -0.476 e. The summed E-state index contributed by atoms with van der Waals surface area (Å²) >= 11 is 5.98. The Morgan fingerprint density at radius 3 is 2.67 bits per heavy atom. The van der Waals surface area contributed by atoms with Crippen LogP contribution in [-0.4, -0.2) is 47.0 Å². The fourth-order valence-electron chi connectivity index (χ4n) is 4.51. The van der Waals surface area contributed by atoms with E-state index < -0.39 is 11.9 Å². The lowest BCUT2D eigenvalue weighted by atomic mass is 10.1. The number of oxazole rings is 1. The first-order valence-electron chi connectivity index (χ1n) is 11.1. The summed E-state index contributed by atoms with van der Waals surface area (Å²) in [6.45, 7) is 1.72. The summed E-state index contributed by atoms with van der Waals surface area (Å²) in [5.41, 5.74) is 1.59. The number of piperidine rings is 1. The Morgan fingerprint density at radius 1 is 1.06 bits per heavy atom. The van der Waals surface area contributed by atoms with Crippen molar-refractivity contribution in [1.29, 1.82) is 0 Å². The average molecular weight is 470 g/mol. The van der Waals surface area contributed by atoms with E-state index in [9.17, 15) is 14.4 Å². The number of likely N-dealkylation sites (tertiary alicyclic amines) is 1. The van der Waals surface area contributed by atoms with Crippen LogP contribution in [0, 0.1) is 0 Å². The highest BCUT2D eigenvalue weighted by Crippen LogP contribution is 2.34. The van der Waals surface area contributed by atoms with Gasteiger partial charge in [-0.2, -0.15) is 0 Å². The number of amides is 2. The first-order valence-corrected chi connectivity index (χ1v) is 11.5. The van der Waals surface area contributed by atoms with Gasteiger partial charge in [0.25, 0.3) is 5.91 Å². The van der Waals surface area contributed by atoms with E-state index in [-0.39, 0.29) is 31.3 Å². The van der Waals surface area contributed by atoms with Crippen molar-refractivity contribution < 1.29 is 18.7 Å². The lowest BCUT2D eigenvalue weighted by Crippen LogP contribution is -2.53. The quantitative estimate of drug-likeness (QED) is 0.584. The summed E-state index contributed by atoms with van der Waals surface area (Å²) < 4.78 is 12.7. The predicted octanol–water partition coefficient (Wildman–Crippen LogP) is 3.44. The van der Waals surface area contributed by atoms with E-state index in [0.29, 0.717) is 27.6 Å². The maximum atomic E-state index is 13.3. The van der Waals surface area contributed by atoms with Crippen molar-refractivity contribution in [3.63, 3.8) is 0 Å². The van der Waals surface area contributed by atoms with Gasteiger partial charge < -0.3 is 19.0 Å². The van der Waals surface area contributed by atoms with Crippen LogP contribution in [0.25, 0.3) is 11.1 Å². The van der Waals surface area contributed by atoms with Crippen molar-refractivity contribution in [2.24, 2.45) is 0 Å². The first-order chi connectivity index (χ1) is 16.0. The number of nitrogens with zero attached hydrogens (tertiary/aromatic N) is 3. The molecule has 0 radical (unpaired) electrons. The normalized spacial score (nSPS) is 18.2. The van der Waals surface area contributed by atoms with Gasteiger partial charge in [0.05, 0.1) is 17.7 Å². The van der Waals surface area contributed by atoms with Gasteiger partial charge in [-0.15, -0.1) is 0 Å². The molecular weight excluding hydrogens is 446 g/mol. The minimum atomic E-state index is -0.749. The fraction of sp³-hybridized carbons (Fsp3) is 0.375. The summed E-state index contributed by atoms with van der Waals surface area (Å²) in [6.07, 6.45) is 2.40. The second-order valence-electron chi connectivity index (χ2n) is 8.35. The number of fused-ring (bicyclic) bond motifs is 2. The SMILES string of the molecule is O=C([C@@H]1CN(C(=O)CCn2c(=O)oc3cc(Cl)ccc32)c2ccccc2O1)N1CCCCC1. The summed E-state index contributed by atoms with van der Waals surface area (Å²) in [4.78, 5) is 42.1. The number of rotatable bonds is 4. The van der Waals surface area contributed by atoms with E-state index in [0.717, 1.165) is 32.4 Å². The Kier molecular flexibility index (Phi) is 5.85. The van der Waals surface area contributed by atoms with Crippen molar-refractivity contribution in [2.45, 2.75) is 38.3 Å². The zero-order valence-corrected chi connectivity index (χ0v) is 18.8. The van der Waals surface area contributed by atoms with Crippen molar-refractivity contribution in [2.75, 3.05) is 24.5 Å². The van der Waals surface area contributed by atoms with Gasteiger partial charge in [0.1, 0.15) is 5.75 Å². The Labute approximate surface area is 195 Å². The zero-order valence-electron chi connectivity index (χ0n) is 18.0. The molecule has 8 nitrogen and oxygen atoms in total. The lowest BCUT2D eigenvalue weighted by molar-refractivity contribution is -0.139. The number of aryl methyl sites for hydroxylation is 1. The van der Waals surface area contributed by atoms with E-state index in [4.69, 9.17) is 20.8 Å². The molecule has 0 unspecified atom stereocenters. The molecule has 172 valence electrons. The lowest BCUT2D eigenvalue weighted by Gasteiger charge is -2.37. The molecule has 1 saturated heterocycles. The minimum absolute atomic E-state index is 0.0656. The number of hydrogen-bond donors (Lipinski definition) is 0. The van der Waals surface area contributed by atoms with Crippen molar-refractivity contribution in [1.82, 2.24) is 9.47 Å². The van der Waals surface area contributed by atoms with Gasteiger partial charge in [0, 0.05) is 37.1 Å². The van der Waals surface area contributed by atoms with Gasteiger partial charge in [-0.05, 0) is 43.5 Å². The third kappa shape index (κ3) is 4.23. The maximum Gasteiger partial charge on any atom is 0.419 e. The summed E-state index contributed by atoms with van der Waals surface area (Å²) in [6, 6.07) is 12.2. The second-order valence-corrected chi connectivity index (χ2v) is 8.78. The van der Waals surface area contributed by atoms with Gasteiger partial charge in [-0.25, -0.2) is 4.79 Å². The van der Waals surface area contributed by atoms with E-state index >= 15 is 0 Å². The van der Waals surface area contributed by atoms with Crippen LogP contribution in [-0.2, 0) is 16.1 Å². The van der Waals surface area contributed by atoms with Crippen molar-refractivity contribution >= 4 is 40.2 Å². The topological polar surface area (TPSA) is 85.0 Å². The largest absolute Gasteiger partial charge is 0.476 e. The van der Waals surface area contributed by atoms with Crippen LogP contribution in [0.2, 0.25) is 5.02 Å². The molecule has 33 heavy (non-hydrogen) atoms. The smallest absolute Gasteiger partial charge is 0.419 e. The number of benzene rings is 2. The molecule has 2 aliphatic rings. The number of anilines is 1. The standard InChI is InChI=1S/C24H24ClN3O5/c25-16-8-9-18-20(14-16)33-24(31)27(18)13-10-22(29)28-15-21(23(30)26-11-4-1-5-12-26)32-19-7-3-2-6-17(19)28/h2-3,6-9,14,21H,1,4-5,10-13,15H2/t21-/m0/s1. The van der Waals surface area contributed by atoms with Crippen molar-refractivity contribution in [3.8, 4) is 5.75 Å². The zero-order chi connectivity index (χ0) is 22.9. The first kappa shape index (κ1) is 21.6. The number of carbonyl (C=O) groups excluding carboxylic acids is 2. The van der Waals surface area contributed by atoms with Crippen LogP contribution in [0.15, 0.2) is 51.7 Å². The molecule has 0 aliphatic carbocycles. The van der Waals surface area contributed by atoms with Crippen LogP contribution in [0.1, 0.15) is 25.7 Å². The van der Waals surface area contributed by atoms with E-state index in [1.807, 2.05) is 17.0 Å². The number of aromatic nitrogens is 1. The Hall–Kier alpha value is -3.26. The number of carbonyl (C=O) groups is 2. The average Bonchev–Trinajstić information content (AvgIpc) is 3.15. The molecule has 5 rings (SSSR count). The molecule has 0 saturated carbocycles. The summed E-state index contributed by atoms with van der Waals surface area (Å²) in [5, 5.41) is 0.466. The maximum absolute atomic E-state index is 13.3. The van der Waals surface area contributed by atoms with Gasteiger partial charge in [-0.3, -0.25) is 14.2 Å². The van der Waals surface area contributed by atoms with Gasteiger partial charge in [0.15, 0.2) is 11.7 Å². The molecule has 2 aromatic carbocycles. The monoisotopic (exact) mass is 469 g/mol. The molecule has 1 fully saturated rings. The van der Waals surface area contributed by atoms with E-state index in [2.05, 4.69) is 0 Å². The molecular formula is C24H24ClN3O5. The number of hydrogen-bond acceptors (Lipinski definition) is 5. The number of ether oxygens (including phenoxy) is 1. The van der Waals surface area contributed by atoms with E-state index in [1.165, 1.54) is 4.57 Å². The molecule has 0 N–H and O–H groups in total. The molecule has 0 bridgehead atoms. The van der Waals surface area contributed by atoms with Gasteiger partial charge in [0.2, 0.25) is 5.91 Å². The highest BCUT2D eigenvalue weighted by molar-refractivity contribution is 6.31. The molecule has 1 aromatic heterocycles. The highest BCUT2D eigenvalue weighted by atomic mass is 35.5. The Bertz CT molecular complexity index is 1260. The fourth-order valence-corrected chi connectivity index (χ4v) is 4.67. The highest BCUT2D eigenvalue weighted by Gasteiger charge is 2.36. The van der Waals surface area contributed by atoms with Crippen LogP contribution < -0.4 is 15.4 Å². The van der Waals surface area contributed by atoms with Crippen LogP contribution in [0.4, 0.5) is 5.69 Å². The summed E-state index contributed by atoms with van der Waals surface area (Å²) in [5.74, 6) is -0.318. The molecule has 2 amide bonds. The van der Waals surface area contributed by atoms with Crippen LogP contribution in [0.5, 0.6) is 5.75 Å². The molecule has 3 heterocycles. The molecule has 0 spiro atoms. The van der Waals surface area contributed by atoms with E-state index in [1.54, 1.807) is 35.2 Å². The van der Waals surface area contributed by atoms with Crippen molar-refractivity contribution in [3.05, 3.63) is 58.0 Å².